The SMILES string of the molecule is COc1ccc(CNC(=O)C(=O)N/N=C\c2cccc(OCC(N)=O)c2)cc1. The third kappa shape index (κ3) is 6.79. The van der Waals surface area contributed by atoms with E-state index in [1.807, 2.05) is 0 Å². The van der Waals surface area contributed by atoms with E-state index in [-0.39, 0.29) is 13.2 Å². The zero-order valence-corrected chi connectivity index (χ0v) is 15.2. The largest absolute Gasteiger partial charge is 0.497 e. The first-order valence-corrected chi connectivity index (χ1v) is 8.23. The van der Waals surface area contributed by atoms with Crippen LogP contribution in [0, 0.1) is 0 Å². The molecule has 28 heavy (non-hydrogen) atoms. The first kappa shape index (κ1) is 20.4. The standard InChI is InChI=1S/C19H20N4O5/c1-27-15-7-5-13(6-8-15)10-21-18(25)19(26)23-22-11-14-3-2-4-16(9-14)28-12-17(20)24/h2-9,11H,10,12H2,1H3,(H2,20,24)(H,21,25)(H,23,26)/b22-11-. The van der Waals surface area contributed by atoms with Gasteiger partial charge in [-0.15, -0.1) is 0 Å². The molecule has 0 aliphatic rings. The molecule has 0 aliphatic carbocycles. The highest BCUT2D eigenvalue weighted by atomic mass is 16.5. The Morgan fingerprint density at radius 3 is 2.50 bits per heavy atom. The van der Waals surface area contributed by atoms with Crippen molar-refractivity contribution in [1.82, 2.24) is 10.7 Å². The van der Waals surface area contributed by atoms with Gasteiger partial charge in [0.1, 0.15) is 11.5 Å². The van der Waals surface area contributed by atoms with Gasteiger partial charge in [-0.25, -0.2) is 5.43 Å². The minimum Gasteiger partial charge on any atom is -0.497 e. The van der Waals surface area contributed by atoms with E-state index >= 15 is 0 Å². The van der Waals surface area contributed by atoms with Crippen molar-refractivity contribution in [3.63, 3.8) is 0 Å². The van der Waals surface area contributed by atoms with Crippen molar-refractivity contribution < 1.29 is 23.9 Å². The fourth-order valence-corrected chi connectivity index (χ4v) is 2.06. The van der Waals surface area contributed by atoms with Crippen LogP contribution in [0.25, 0.3) is 0 Å². The van der Waals surface area contributed by atoms with Crippen LogP contribution in [0.15, 0.2) is 53.6 Å². The summed E-state index contributed by atoms with van der Waals surface area (Å²) in [7, 11) is 1.56. The topological polar surface area (TPSA) is 132 Å². The zero-order chi connectivity index (χ0) is 20.4. The normalized spacial score (nSPS) is 10.3. The van der Waals surface area contributed by atoms with Crippen LogP contribution in [-0.4, -0.2) is 37.7 Å². The van der Waals surface area contributed by atoms with E-state index < -0.39 is 17.7 Å². The molecule has 0 atom stereocenters. The van der Waals surface area contributed by atoms with Crippen molar-refractivity contribution in [3.05, 3.63) is 59.7 Å². The summed E-state index contributed by atoms with van der Waals surface area (Å²) in [6.45, 7) is -0.0507. The molecule has 2 aromatic rings. The number of carbonyl (C=O) groups is 3. The average Bonchev–Trinajstić information content (AvgIpc) is 2.71. The summed E-state index contributed by atoms with van der Waals surface area (Å²) in [4.78, 5) is 34.3. The summed E-state index contributed by atoms with van der Waals surface area (Å²) in [5, 5.41) is 6.22. The van der Waals surface area contributed by atoms with Crippen molar-refractivity contribution >= 4 is 23.9 Å². The monoisotopic (exact) mass is 384 g/mol. The van der Waals surface area contributed by atoms with Gasteiger partial charge in [-0.2, -0.15) is 5.10 Å². The third-order valence-electron chi connectivity index (χ3n) is 3.44. The zero-order valence-electron chi connectivity index (χ0n) is 15.2. The fraction of sp³-hybridized carbons (Fsp3) is 0.158. The number of hydrazone groups is 1. The number of hydrogen-bond acceptors (Lipinski definition) is 6. The Kier molecular flexibility index (Phi) is 7.53. The average molecular weight is 384 g/mol. The Morgan fingerprint density at radius 2 is 1.82 bits per heavy atom. The molecule has 0 unspecified atom stereocenters. The smallest absolute Gasteiger partial charge is 0.329 e. The minimum absolute atomic E-state index is 0.194. The Bertz CT molecular complexity index is 865. The van der Waals surface area contributed by atoms with E-state index in [0.717, 1.165) is 5.56 Å². The van der Waals surface area contributed by atoms with Gasteiger partial charge in [0.15, 0.2) is 6.61 Å². The Labute approximate surface area is 161 Å². The molecule has 146 valence electrons. The molecular weight excluding hydrogens is 364 g/mol. The van der Waals surface area contributed by atoms with Crippen molar-refractivity contribution in [2.75, 3.05) is 13.7 Å². The van der Waals surface area contributed by atoms with Gasteiger partial charge < -0.3 is 20.5 Å². The van der Waals surface area contributed by atoms with Crippen LogP contribution in [0.4, 0.5) is 0 Å². The maximum absolute atomic E-state index is 11.8. The van der Waals surface area contributed by atoms with Crippen LogP contribution in [-0.2, 0) is 20.9 Å². The van der Waals surface area contributed by atoms with Crippen LogP contribution in [0.3, 0.4) is 0 Å². The van der Waals surface area contributed by atoms with Gasteiger partial charge in [-0.1, -0.05) is 24.3 Å². The summed E-state index contributed by atoms with van der Waals surface area (Å²) in [5.41, 5.74) is 8.57. The molecule has 0 spiro atoms. The van der Waals surface area contributed by atoms with Crippen LogP contribution >= 0.6 is 0 Å². The molecule has 0 heterocycles. The molecule has 0 saturated carbocycles. The van der Waals surface area contributed by atoms with E-state index in [0.29, 0.717) is 17.1 Å². The van der Waals surface area contributed by atoms with E-state index in [2.05, 4.69) is 15.8 Å². The predicted octanol–water partition coefficient (Wildman–Crippen LogP) is 0.326. The Morgan fingerprint density at radius 1 is 1.07 bits per heavy atom. The number of rotatable bonds is 8. The van der Waals surface area contributed by atoms with E-state index in [1.54, 1.807) is 55.6 Å². The number of primary amides is 1. The van der Waals surface area contributed by atoms with Gasteiger partial charge in [0.25, 0.3) is 5.91 Å². The van der Waals surface area contributed by atoms with Crippen LogP contribution in [0.2, 0.25) is 0 Å². The molecule has 9 nitrogen and oxygen atoms in total. The lowest BCUT2D eigenvalue weighted by Gasteiger charge is -2.05. The quantitative estimate of drug-likeness (QED) is 0.343. The number of benzene rings is 2. The highest BCUT2D eigenvalue weighted by Gasteiger charge is 2.11. The summed E-state index contributed by atoms with van der Waals surface area (Å²) < 4.78 is 10.2. The number of nitrogens with one attached hydrogen (secondary N) is 2. The second-order valence-electron chi connectivity index (χ2n) is 5.56. The summed E-state index contributed by atoms with van der Waals surface area (Å²) in [6, 6.07) is 13.7. The lowest BCUT2D eigenvalue weighted by Crippen LogP contribution is -2.37. The Balaban J connectivity index is 1.81. The van der Waals surface area contributed by atoms with Gasteiger partial charge in [-0.3, -0.25) is 14.4 Å². The van der Waals surface area contributed by atoms with E-state index in [4.69, 9.17) is 15.2 Å². The molecule has 0 fully saturated rings. The molecule has 0 bridgehead atoms. The molecular formula is C19H20N4O5. The van der Waals surface area contributed by atoms with E-state index in [9.17, 15) is 14.4 Å². The second-order valence-corrected chi connectivity index (χ2v) is 5.56. The van der Waals surface area contributed by atoms with Gasteiger partial charge in [0.05, 0.1) is 13.3 Å². The van der Waals surface area contributed by atoms with Crippen molar-refractivity contribution in [3.8, 4) is 11.5 Å². The lowest BCUT2D eigenvalue weighted by molar-refractivity contribution is -0.139. The maximum atomic E-state index is 11.8. The van der Waals surface area contributed by atoms with Gasteiger partial charge in [0.2, 0.25) is 0 Å². The molecule has 9 heteroatoms. The number of amides is 3. The first-order chi connectivity index (χ1) is 13.5. The molecule has 4 N–H and O–H groups in total. The maximum Gasteiger partial charge on any atom is 0.329 e. The molecule has 0 saturated heterocycles. The summed E-state index contributed by atoms with van der Waals surface area (Å²) >= 11 is 0. The highest BCUT2D eigenvalue weighted by Crippen LogP contribution is 2.12. The fourth-order valence-electron chi connectivity index (χ4n) is 2.06. The number of carbonyl (C=O) groups excluding carboxylic acids is 3. The van der Waals surface area contributed by atoms with Gasteiger partial charge >= 0.3 is 11.8 Å². The van der Waals surface area contributed by atoms with Crippen molar-refractivity contribution in [2.45, 2.75) is 6.54 Å². The molecule has 2 aromatic carbocycles. The lowest BCUT2D eigenvalue weighted by atomic mass is 10.2. The third-order valence-corrected chi connectivity index (χ3v) is 3.44. The number of ether oxygens (including phenoxy) is 2. The first-order valence-electron chi connectivity index (χ1n) is 8.23. The van der Waals surface area contributed by atoms with Crippen molar-refractivity contribution in [2.24, 2.45) is 10.8 Å². The van der Waals surface area contributed by atoms with Gasteiger partial charge in [0, 0.05) is 6.54 Å². The number of nitrogens with zero attached hydrogens (tertiary/aromatic N) is 1. The Hall–Kier alpha value is -3.88. The molecule has 0 radical (unpaired) electrons. The van der Waals surface area contributed by atoms with Crippen molar-refractivity contribution in [1.29, 1.82) is 0 Å². The van der Waals surface area contributed by atoms with Gasteiger partial charge in [-0.05, 0) is 35.4 Å². The molecule has 0 aromatic heterocycles. The number of methoxy groups -OCH3 is 1. The second kappa shape index (κ2) is 10.3. The highest BCUT2D eigenvalue weighted by molar-refractivity contribution is 6.35. The minimum atomic E-state index is -0.897. The van der Waals surface area contributed by atoms with Crippen LogP contribution < -0.4 is 25.9 Å². The van der Waals surface area contributed by atoms with Crippen LogP contribution in [0.1, 0.15) is 11.1 Å². The number of nitrogens with two attached hydrogens (primary N) is 1. The van der Waals surface area contributed by atoms with Crippen LogP contribution in [0.5, 0.6) is 11.5 Å². The summed E-state index contributed by atoms with van der Waals surface area (Å²) in [5.74, 6) is -1.18. The van der Waals surface area contributed by atoms with E-state index in [1.165, 1.54) is 6.21 Å². The summed E-state index contributed by atoms with van der Waals surface area (Å²) in [6.07, 6.45) is 1.34. The molecule has 0 aliphatic heterocycles. The molecule has 3 amide bonds. The predicted molar refractivity (Wildman–Crippen MR) is 102 cm³/mol. The number of hydrogen-bond donors (Lipinski definition) is 3. The molecule has 2 rings (SSSR count).